The van der Waals surface area contributed by atoms with Crippen molar-refractivity contribution < 1.29 is 15.0 Å². The van der Waals surface area contributed by atoms with Crippen LogP contribution in [0.2, 0.25) is 0 Å². The first-order valence-corrected chi connectivity index (χ1v) is 10.2. The maximum Gasteiger partial charge on any atom is 0.345 e. The highest BCUT2D eigenvalue weighted by molar-refractivity contribution is 5.99. The Balaban J connectivity index is 1.70. The summed E-state index contributed by atoms with van der Waals surface area (Å²) in [4.78, 5) is 28.9. The number of benzene rings is 1. The van der Waals surface area contributed by atoms with Gasteiger partial charge in [-0.15, -0.1) is 0 Å². The smallest absolute Gasteiger partial charge is 0.345 e. The lowest BCUT2D eigenvalue weighted by atomic mass is 9.97. The predicted molar refractivity (Wildman–Crippen MR) is 115 cm³/mol. The van der Waals surface area contributed by atoms with Crippen molar-refractivity contribution in [3.05, 3.63) is 57.0 Å². The Labute approximate surface area is 172 Å². The number of hydrogen-bond acceptors (Lipinski definition) is 4. The van der Waals surface area contributed by atoms with Crippen LogP contribution >= 0.6 is 0 Å². The van der Waals surface area contributed by atoms with Crippen LogP contribution in [0.5, 0.6) is 5.75 Å². The van der Waals surface area contributed by atoms with E-state index in [0.29, 0.717) is 17.7 Å². The third-order valence-electron chi connectivity index (χ3n) is 6.33. The van der Waals surface area contributed by atoms with E-state index in [1.54, 1.807) is 0 Å². The molecule has 1 saturated heterocycles. The number of aryl methyl sites for hydroxylation is 1. The van der Waals surface area contributed by atoms with Gasteiger partial charge in [-0.3, -0.25) is 9.69 Å². The van der Waals surface area contributed by atoms with Crippen LogP contribution in [-0.2, 0) is 20.0 Å². The van der Waals surface area contributed by atoms with Crippen LogP contribution in [0.25, 0.3) is 28.2 Å². The zero-order valence-corrected chi connectivity index (χ0v) is 16.7. The molecule has 2 aromatic heterocycles. The van der Waals surface area contributed by atoms with E-state index in [-0.39, 0.29) is 0 Å². The first-order chi connectivity index (χ1) is 14.5. The number of nitrogens with zero attached hydrogens (tertiary/aromatic N) is 2. The second kappa shape index (κ2) is 6.88. The summed E-state index contributed by atoms with van der Waals surface area (Å²) >= 11 is 0. The van der Waals surface area contributed by atoms with Gasteiger partial charge in [0.05, 0.1) is 5.69 Å². The highest BCUT2D eigenvalue weighted by Gasteiger charge is 2.25. The Morgan fingerprint density at radius 1 is 1.23 bits per heavy atom. The van der Waals surface area contributed by atoms with Gasteiger partial charge in [-0.05, 0) is 50.0 Å². The minimum Gasteiger partial charge on any atom is -0.506 e. The van der Waals surface area contributed by atoms with Crippen LogP contribution in [-0.4, -0.2) is 43.7 Å². The number of rotatable bonds is 3. The second-order valence-corrected chi connectivity index (χ2v) is 8.08. The minimum atomic E-state index is -1.44. The summed E-state index contributed by atoms with van der Waals surface area (Å²) < 4.78 is 2.21. The van der Waals surface area contributed by atoms with Gasteiger partial charge < -0.3 is 19.8 Å². The van der Waals surface area contributed by atoms with Crippen molar-refractivity contribution in [1.29, 1.82) is 0 Å². The Bertz CT molecular complexity index is 1280. The number of hydrogen-bond donors (Lipinski definition) is 3. The molecule has 1 aliphatic heterocycles. The predicted octanol–water partition coefficient (Wildman–Crippen LogP) is 3.10. The van der Waals surface area contributed by atoms with Crippen molar-refractivity contribution in [3.63, 3.8) is 0 Å². The fourth-order valence-corrected chi connectivity index (χ4v) is 4.76. The number of allylic oxidation sites excluding steroid dienone is 1. The number of aromatic nitrogens is 2. The van der Waals surface area contributed by atoms with Crippen LogP contribution in [0.4, 0.5) is 0 Å². The van der Waals surface area contributed by atoms with Gasteiger partial charge in [0.2, 0.25) is 0 Å². The molecule has 3 N–H and O–H groups in total. The molecule has 5 rings (SSSR count). The molecule has 3 heterocycles. The number of aromatic hydroxyl groups is 1. The molecule has 1 aromatic carbocycles. The summed E-state index contributed by atoms with van der Waals surface area (Å²) in [6.45, 7) is 3.15. The molecule has 7 nitrogen and oxygen atoms in total. The summed E-state index contributed by atoms with van der Waals surface area (Å²) in [5.41, 5.74) is 3.58. The van der Waals surface area contributed by atoms with Crippen molar-refractivity contribution in [2.45, 2.75) is 25.8 Å². The Morgan fingerprint density at radius 3 is 2.73 bits per heavy atom. The molecule has 0 unspecified atom stereocenters. The zero-order valence-electron chi connectivity index (χ0n) is 16.7. The first kappa shape index (κ1) is 18.7. The van der Waals surface area contributed by atoms with Crippen LogP contribution in [0.3, 0.4) is 0 Å². The Morgan fingerprint density at radius 2 is 2.00 bits per heavy atom. The zero-order chi connectivity index (χ0) is 21.0. The quantitative estimate of drug-likeness (QED) is 0.622. The van der Waals surface area contributed by atoms with Crippen molar-refractivity contribution >= 4 is 22.9 Å². The van der Waals surface area contributed by atoms with E-state index in [1.807, 2.05) is 24.3 Å². The number of H-pyrrole nitrogens is 1. The number of likely N-dealkylation sites (tertiary alicyclic amines) is 1. The first-order valence-electron chi connectivity index (χ1n) is 10.2. The molecule has 0 radical (unpaired) electrons. The topological polar surface area (TPSA) is 98.6 Å². The average molecular weight is 405 g/mol. The number of aromatic amines is 1. The van der Waals surface area contributed by atoms with Crippen LogP contribution < -0.4 is 5.56 Å². The third kappa shape index (κ3) is 2.77. The fraction of sp³-hybridized carbons (Fsp3) is 0.304. The van der Waals surface area contributed by atoms with E-state index in [4.69, 9.17) is 0 Å². The molecular weight excluding hydrogens is 382 g/mol. The number of carboxylic acid groups (broad SMARTS) is 1. The standard InChI is InChI=1S/C23H23N3O4/c1-25-13(12-26-9-2-3-10-26)11-17-14-5-4-6-16-20(15(14)7-8-18(17)25)24-22(28)19(21(16)27)23(29)30/h4-5,7-8,11H,2-3,6,9-10,12H2,1H3,(H,29,30)(H2,24,27,28). The normalized spacial score (nSPS) is 15.9. The molecule has 2 aliphatic rings. The number of fused-ring (bicyclic) bond motifs is 5. The highest BCUT2D eigenvalue weighted by Crippen LogP contribution is 2.38. The molecule has 0 bridgehead atoms. The van der Waals surface area contributed by atoms with Crippen LogP contribution in [0.1, 0.15) is 40.0 Å². The summed E-state index contributed by atoms with van der Waals surface area (Å²) in [5, 5.41) is 20.9. The van der Waals surface area contributed by atoms with E-state index < -0.39 is 22.8 Å². The molecule has 0 atom stereocenters. The summed E-state index contributed by atoms with van der Waals surface area (Å²) in [6, 6.07) is 6.15. The van der Waals surface area contributed by atoms with Gasteiger partial charge in [-0.2, -0.15) is 0 Å². The molecule has 0 saturated carbocycles. The Kier molecular flexibility index (Phi) is 4.29. The number of pyridine rings is 1. The van der Waals surface area contributed by atoms with Crippen LogP contribution in [0.15, 0.2) is 29.1 Å². The largest absolute Gasteiger partial charge is 0.506 e. The summed E-state index contributed by atoms with van der Waals surface area (Å²) in [6.07, 6.45) is 6.72. The molecule has 0 spiro atoms. The summed E-state index contributed by atoms with van der Waals surface area (Å²) in [7, 11) is 2.07. The molecule has 30 heavy (non-hydrogen) atoms. The number of carbonyl (C=O) groups is 1. The van der Waals surface area contributed by atoms with Gasteiger partial charge >= 0.3 is 5.97 Å². The van der Waals surface area contributed by atoms with E-state index in [1.165, 1.54) is 18.5 Å². The molecule has 7 heteroatoms. The molecule has 0 amide bonds. The molecule has 1 aliphatic carbocycles. The van der Waals surface area contributed by atoms with Crippen molar-refractivity contribution in [1.82, 2.24) is 14.5 Å². The van der Waals surface area contributed by atoms with Gasteiger partial charge in [0, 0.05) is 41.3 Å². The molecule has 3 aromatic rings. The van der Waals surface area contributed by atoms with Crippen molar-refractivity contribution in [2.75, 3.05) is 13.1 Å². The van der Waals surface area contributed by atoms with Crippen molar-refractivity contribution in [3.8, 4) is 17.0 Å². The maximum absolute atomic E-state index is 12.4. The highest BCUT2D eigenvalue weighted by atomic mass is 16.4. The molecule has 154 valence electrons. The van der Waals surface area contributed by atoms with Crippen LogP contribution in [0, 0.1) is 0 Å². The molecule has 1 fully saturated rings. The summed E-state index contributed by atoms with van der Waals surface area (Å²) in [5.74, 6) is -1.89. The second-order valence-electron chi connectivity index (χ2n) is 8.08. The van der Waals surface area contributed by atoms with Gasteiger partial charge in [-0.25, -0.2) is 4.79 Å². The number of aromatic carboxylic acids is 1. The lowest BCUT2D eigenvalue weighted by Crippen LogP contribution is -2.20. The average Bonchev–Trinajstić information content (AvgIpc) is 3.27. The third-order valence-corrected chi connectivity index (χ3v) is 6.33. The van der Waals surface area contributed by atoms with E-state index >= 15 is 0 Å². The minimum absolute atomic E-state index is 0.335. The van der Waals surface area contributed by atoms with Gasteiger partial charge in [0.1, 0.15) is 5.75 Å². The molecular formula is C23H23N3O4. The van der Waals surface area contributed by atoms with E-state index in [2.05, 4.69) is 27.6 Å². The SMILES string of the molecule is Cn1c(CN2CCCC2)cc2c3c(ccc21)-c1[nH]c(=O)c(C(=O)O)c(O)c1CC=C3. The van der Waals surface area contributed by atoms with E-state index in [9.17, 15) is 19.8 Å². The van der Waals surface area contributed by atoms with Crippen molar-refractivity contribution in [2.24, 2.45) is 7.05 Å². The lowest BCUT2D eigenvalue weighted by molar-refractivity contribution is 0.0691. The monoisotopic (exact) mass is 405 g/mol. The number of nitrogens with one attached hydrogen (secondary N) is 1. The van der Waals surface area contributed by atoms with E-state index in [0.717, 1.165) is 41.7 Å². The maximum atomic E-state index is 12.4. The van der Waals surface area contributed by atoms with Gasteiger partial charge in [0.25, 0.3) is 5.56 Å². The number of carboxylic acids is 1. The fourth-order valence-electron chi connectivity index (χ4n) is 4.76. The van der Waals surface area contributed by atoms with Gasteiger partial charge in [-0.1, -0.05) is 18.2 Å². The Hall–Kier alpha value is -3.32. The van der Waals surface area contributed by atoms with Gasteiger partial charge in [0.15, 0.2) is 5.56 Å². The lowest BCUT2D eigenvalue weighted by Gasteiger charge is -2.15.